The predicted molar refractivity (Wildman–Crippen MR) is 94.2 cm³/mol. The number of benzene rings is 2. The Labute approximate surface area is 150 Å². The van der Waals surface area contributed by atoms with Gasteiger partial charge in [-0.05, 0) is 41.8 Å². The quantitative estimate of drug-likeness (QED) is 0.830. The van der Waals surface area contributed by atoms with Gasteiger partial charge in [-0.15, -0.1) is 0 Å². The molecule has 0 fully saturated rings. The van der Waals surface area contributed by atoms with Crippen molar-refractivity contribution in [2.24, 2.45) is 0 Å². The topological polar surface area (TPSA) is 86.7 Å². The van der Waals surface area contributed by atoms with Crippen molar-refractivity contribution in [1.82, 2.24) is 10.2 Å². The molecule has 0 aliphatic carbocycles. The average Bonchev–Trinajstić information content (AvgIpc) is 2.64. The maximum atomic E-state index is 13.0. The molecule has 0 atom stereocenters. The van der Waals surface area contributed by atoms with Crippen molar-refractivity contribution in [3.05, 3.63) is 59.9 Å². The lowest BCUT2D eigenvalue weighted by atomic mass is 10.0. The molecule has 6 nitrogen and oxygen atoms in total. The summed E-state index contributed by atoms with van der Waals surface area (Å²) in [6.07, 6.45) is 0.542. The van der Waals surface area contributed by atoms with Crippen LogP contribution >= 0.6 is 0 Å². The highest BCUT2D eigenvalue weighted by Gasteiger charge is 2.22. The summed E-state index contributed by atoms with van der Waals surface area (Å²) >= 11 is 0. The molecule has 2 aromatic carbocycles. The van der Waals surface area contributed by atoms with E-state index in [1.165, 1.54) is 12.1 Å². The highest BCUT2D eigenvalue weighted by atomic mass is 19.1. The zero-order valence-corrected chi connectivity index (χ0v) is 14.2. The molecule has 7 heteroatoms. The van der Waals surface area contributed by atoms with Crippen molar-refractivity contribution < 1.29 is 23.9 Å². The van der Waals surface area contributed by atoms with Gasteiger partial charge < -0.3 is 10.4 Å². The summed E-state index contributed by atoms with van der Waals surface area (Å²) in [5, 5.41) is 10.8. The summed E-state index contributed by atoms with van der Waals surface area (Å²) in [6, 6.07) is 11.8. The highest BCUT2D eigenvalue weighted by Crippen LogP contribution is 2.20. The van der Waals surface area contributed by atoms with Gasteiger partial charge >= 0.3 is 12.0 Å². The van der Waals surface area contributed by atoms with Gasteiger partial charge in [0.2, 0.25) is 0 Å². The monoisotopic (exact) mass is 358 g/mol. The zero-order chi connectivity index (χ0) is 19.1. The first-order valence-corrected chi connectivity index (χ1v) is 8.10. The van der Waals surface area contributed by atoms with E-state index in [4.69, 9.17) is 5.11 Å². The molecular weight excluding hydrogens is 339 g/mol. The minimum atomic E-state index is -1.19. The summed E-state index contributed by atoms with van der Waals surface area (Å²) < 4.78 is 13.0. The number of nitrogens with zero attached hydrogens (tertiary/aromatic N) is 1. The number of rotatable bonds is 6. The van der Waals surface area contributed by atoms with Crippen LogP contribution in [0.3, 0.4) is 0 Å². The van der Waals surface area contributed by atoms with E-state index in [1.807, 2.05) is 6.92 Å². The molecule has 0 aliphatic heterocycles. The molecule has 0 unspecified atom stereocenters. The first-order chi connectivity index (χ1) is 12.4. The standard InChI is InChI=1S/C19H19FN2O4/c1-2-11-22(19(26)21-12-17(23)24)18(25)15-5-3-13(4-6-15)14-7-9-16(20)10-8-14/h3-10H,2,11-12H2,1H3,(H,21,26)(H,23,24). The Hall–Kier alpha value is -3.22. The number of carbonyl (C=O) groups is 3. The number of urea groups is 1. The number of aliphatic carboxylic acids is 1. The maximum Gasteiger partial charge on any atom is 0.324 e. The SMILES string of the molecule is CCCN(C(=O)NCC(=O)O)C(=O)c1ccc(-c2ccc(F)cc2)cc1. The predicted octanol–water partition coefficient (Wildman–Crippen LogP) is 3.14. The van der Waals surface area contributed by atoms with Crippen LogP contribution in [-0.2, 0) is 4.79 Å². The van der Waals surface area contributed by atoms with E-state index in [0.29, 0.717) is 12.0 Å². The lowest BCUT2D eigenvalue weighted by Gasteiger charge is -2.20. The molecule has 2 N–H and O–H groups in total. The second-order valence-corrected chi connectivity index (χ2v) is 5.59. The van der Waals surface area contributed by atoms with Crippen LogP contribution in [0.5, 0.6) is 0 Å². The summed E-state index contributed by atoms with van der Waals surface area (Å²) in [5.74, 6) is -2.03. The molecule has 26 heavy (non-hydrogen) atoms. The molecule has 0 radical (unpaired) electrons. The zero-order valence-electron chi connectivity index (χ0n) is 14.2. The number of hydrogen-bond acceptors (Lipinski definition) is 3. The third-order valence-corrected chi connectivity index (χ3v) is 3.64. The fraction of sp³-hybridized carbons (Fsp3) is 0.211. The van der Waals surface area contributed by atoms with Crippen LogP contribution < -0.4 is 5.32 Å². The highest BCUT2D eigenvalue weighted by molar-refractivity contribution is 6.04. The van der Waals surface area contributed by atoms with E-state index in [9.17, 15) is 18.8 Å². The summed E-state index contributed by atoms with van der Waals surface area (Å²) in [4.78, 5) is 36.2. The number of carboxylic acid groups (broad SMARTS) is 1. The Balaban J connectivity index is 2.16. The number of carboxylic acids is 1. The molecule has 2 aromatic rings. The molecule has 0 aliphatic rings. The van der Waals surface area contributed by atoms with Crippen molar-refractivity contribution in [1.29, 1.82) is 0 Å². The Bertz CT molecular complexity index is 788. The lowest BCUT2D eigenvalue weighted by Crippen LogP contribution is -2.45. The fourth-order valence-electron chi connectivity index (χ4n) is 2.37. The van der Waals surface area contributed by atoms with Gasteiger partial charge in [0.1, 0.15) is 12.4 Å². The molecule has 0 heterocycles. The molecule has 0 spiro atoms. The summed E-state index contributed by atoms with van der Waals surface area (Å²) in [5.41, 5.74) is 1.91. The van der Waals surface area contributed by atoms with E-state index >= 15 is 0 Å². The van der Waals surface area contributed by atoms with Gasteiger partial charge in [0.25, 0.3) is 5.91 Å². The number of imide groups is 1. The normalized spacial score (nSPS) is 10.2. The van der Waals surface area contributed by atoms with Gasteiger partial charge in [-0.3, -0.25) is 14.5 Å². The van der Waals surface area contributed by atoms with Crippen molar-refractivity contribution >= 4 is 17.9 Å². The Morgan fingerprint density at radius 3 is 2.04 bits per heavy atom. The lowest BCUT2D eigenvalue weighted by molar-refractivity contribution is -0.135. The van der Waals surface area contributed by atoms with Crippen molar-refractivity contribution in [2.75, 3.05) is 13.1 Å². The van der Waals surface area contributed by atoms with E-state index in [2.05, 4.69) is 5.32 Å². The third kappa shape index (κ3) is 4.89. The molecule has 0 aromatic heterocycles. The van der Waals surface area contributed by atoms with Crippen LogP contribution in [0.2, 0.25) is 0 Å². The van der Waals surface area contributed by atoms with E-state index in [1.54, 1.807) is 36.4 Å². The molecule has 0 saturated heterocycles. The number of carbonyl (C=O) groups excluding carboxylic acids is 2. The Morgan fingerprint density at radius 2 is 1.54 bits per heavy atom. The van der Waals surface area contributed by atoms with Crippen molar-refractivity contribution in [3.8, 4) is 11.1 Å². The molecule has 0 bridgehead atoms. The van der Waals surface area contributed by atoms with Crippen molar-refractivity contribution in [2.45, 2.75) is 13.3 Å². The van der Waals surface area contributed by atoms with Gasteiger partial charge in [0.15, 0.2) is 0 Å². The summed E-state index contributed by atoms with van der Waals surface area (Å²) in [6.45, 7) is 1.42. The van der Waals surface area contributed by atoms with Crippen LogP contribution in [0.1, 0.15) is 23.7 Å². The average molecular weight is 358 g/mol. The van der Waals surface area contributed by atoms with Crippen LogP contribution in [0.25, 0.3) is 11.1 Å². The molecule has 3 amide bonds. The minimum Gasteiger partial charge on any atom is -0.480 e. The van der Waals surface area contributed by atoms with E-state index in [0.717, 1.165) is 16.0 Å². The summed E-state index contributed by atoms with van der Waals surface area (Å²) in [7, 11) is 0. The molecule has 2 rings (SSSR count). The number of amides is 3. The Morgan fingerprint density at radius 1 is 1.00 bits per heavy atom. The second-order valence-electron chi connectivity index (χ2n) is 5.59. The number of hydrogen-bond donors (Lipinski definition) is 2. The van der Waals surface area contributed by atoms with Crippen LogP contribution in [0, 0.1) is 5.82 Å². The van der Waals surface area contributed by atoms with Gasteiger partial charge in [-0.2, -0.15) is 0 Å². The van der Waals surface area contributed by atoms with Gasteiger partial charge in [0, 0.05) is 12.1 Å². The molecule has 136 valence electrons. The van der Waals surface area contributed by atoms with Gasteiger partial charge in [-0.1, -0.05) is 31.2 Å². The van der Waals surface area contributed by atoms with Gasteiger partial charge in [-0.25, -0.2) is 9.18 Å². The molecular formula is C19H19FN2O4. The first-order valence-electron chi connectivity index (χ1n) is 8.10. The largest absolute Gasteiger partial charge is 0.480 e. The van der Waals surface area contributed by atoms with Crippen LogP contribution in [0.4, 0.5) is 9.18 Å². The fourth-order valence-corrected chi connectivity index (χ4v) is 2.37. The second kappa shape index (κ2) is 8.75. The van der Waals surface area contributed by atoms with E-state index < -0.39 is 24.5 Å². The smallest absolute Gasteiger partial charge is 0.324 e. The number of nitrogens with one attached hydrogen (secondary N) is 1. The van der Waals surface area contributed by atoms with Crippen LogP contribution in [0.15, 0.2) is 48.5 Å². The minimum absolute atomic E-state index is 0.171. The first kappa shape index (κ1) is 19.1. The maximum absolute atomic E-state index is 13.0. The third-order valence-electron chi connectivity index (χ3n) is 3.64. The number of halogens is 1. The van der Waals surface area contributed by atoms with Crippen molar-refractivity contribution in [3.63, 3.8) is 0 Å². The van der Waals surface area contributed by atoms with Crippen LogP contribution in [-0.4, -0.2) is 41.0 Å². The molecule has 0 saturated carbocycles. The Kier molecular flexibility index (Phi) is 6.43. The van der Waals surface area contributed by atoms with Gasteiger partial charge in [0.05, 0.1) is 0 Å². The van der Waals surface area contributed by atoms with E-state index in [-0.39, 0.29) is 12.4 Å².